The number of hydrogen-bond donors (Lipinski definition) is 1. The smallest absolute Gasteiger partial charge is 0.133 e. The van der Waals surface area contributed by atoms with Gasteiger partial charge in [-0.2, -0.15) is 0 Å². The minimum Gasteiger partial charge on any atom is -0.467 e. The van der Waals surface area contributed by atoms with Crippen molar-refractivity contribution in [3.8, 4) is 0 Å². The molecule has 1 N–H and O–H groups in total. The van der Waals surface area contributed by atoms with Crippen LogP contribution in [-0.2, 0) is 7.05 Å². The molecule has 4 nitrogen and oxygen atoms in total. The lowest BCUT2D eigenvalue weighted by Gasteiger charge is -2.21. The van der Waals surface area contributed by atoms with E-state index in [0.29, 0.717) is 6.04 Å². The highest BCUT2D eigenvalue weighted by atomic mass is 16.3. The van der Waals surface area contributed by atoms with Gasteiger partial charge in [0.25, 0.3) is 0 Å². The fraction of sp³-hybridized carbons (Fsp3) is 0.500. The van der Waals surface area contributed by atoms with Crippen molar-refractivity contribution in [2.75, 3.05) is 0 Å². The van der Waals surface area contributed by atoms with Gasteiger partial charge in [0.2, 0.25) is 0 Å². The molecule has 0 aromatic carbocycles. The normalized spacial score (nSPS) is 18.3. The number of imidazole rings is 1. The van der Waals surface area contributed by atoms with E-state index in [2.05, 4.69) is 14.9 Å². The Hall–Kier alpha value is -1.55. The SMILES string of the molecule is Cn1ccnc1C(NC1CCCC1)c1ccco1. The quantitative estimate of drug-likeness (QED) is 0.900. The Morgan fingerprint density at radius 1 is 1.44 bits per heavy atom. The minimum absolute atomic E-state index is 0.0584. The molecule has 4 heteroatoms. The van der Waals surface area contributed by atoms with Gasteiger partial charge in [-0.3, -0.25) is 5.32 Å². The van der Waals surface area contributed by atoms with Crippen LogP contribution in [0.15, 0.2) is 35.2 Å². The summed E-state index contributed by atoms with van der Waals surface area (Å²) in [6, 6.07) is 4.59. The second-order valence-corrected chi connectivity index (χ2v) is 4.99. The number of aromatic nitrogens is 2. The number of furan rings is 1. The summed E-state index contributed by atoms with van der Waals surface area (Å²) in [7, 11) is 2.02. The lowest BCUT2D eigenvalue weighted by Crippen LogP contribution is -2.32. The van der Waals surface area contributed by atoms with E-state index in [1.54, 1.807) is 6.26 Å². The Labute approximate surface area is 107 Å². The lowest BCUT2D eigenvalue weighted by atomic mass is 10.1. The number of nitrogens with one attached hydrogen (secondary N) is 1. The summed E-state index contributed by atoms with van der Waals surface area (Å²) in [5.74, 6) is 1.95. The zero-order chi connectivity index (χ0) is 12.4. The van der Waals surface area contributed by atoms with E-state index in [9.17, 15) is 0 Å². The highest BCUT2D eigenvalue weighted by molar-refractivity contribution is 5.16. The van der Waals surface area contributed by atoms with Crippen LogP contribution in [0.2, 0.25) is 0 Å². The summed E-state index contributed by atoms with van der Waals surface area (Å²) in [6.45, 7) is 0. The fourth-order valence-electron chi connectivity index (χ4n) is 2.72. The van der Waals surface area contributed by atoms with Crippen molar-refractivity contribution in [3.63, 3.8) is 0 Å². The van der Waals surface area contributed by atoms with Crippen molar-refractivity contribution in [2.24, 2.45) is 7.05 Å². The maximum Gasteiger partial charge on any atom is 0.133 e. The third-order valence-electron chi connectivity index (χ3n) is 3.70. The molecule has 0 amide bonds. The Balaban J connectivity index is 1.86. The Morgan fingerprint density at radius 2 is 2.28 bits per heavy atom. The van der Waals surface area contributed by atoms with E-state index in [1.165, 1.54) is 25.7 Å². The standard InChI is InChI=1S/C14H19N3O/c1-17-9-8-15-14(17)13(12-7-4-10-18-12)16-11-5-2-3-6-11/h4,7-11,13,16H,2-3,5-6H2,1H3. The first-order valence-corrected chi connectivity index (χ1v) is 6.61. The van der Waals surface area contributed by atoms with Gasteiger partial charge < -0.3 is 8.98 Å². The zero-order valence-corrected chi connectivity index (χ0v) is 10.7. The average Bonchev–Trinajstić information content (AvgIpc) is 3.09. The summed E-state index contributed by atoms with van der Waals surface area (Å²) in [5.41, 5.74) is 0. The summed E-state index contributed by atoms with van der Waals surface area (Å²) in [6.07, 6.45) is 10.7. The van der Waals surface area contributed by atoms with Crippen molar-refractivity contribution in [1.29, 1.82) is 0 Å². The molecular weight excluding hydrogens is 226 g/mol. The molecule has 2 aromatic rings. The van der Waals surface area contributed by atoms with Crippen LogP contribution in [0.25, 0.3) is 0 Å². The van der Waals surface area contributed by atoms with Crippen LogP contribution in [0.3, 0.4) is 0 Å². The molecule has 1 atom stereocenters. The van der Waals surface area contributed by atoms with Gasteiger partial charge in [-0.05, 0) is 25.0 Å². The van der Waals surface area contributed by atoms with Gasteiger partial charge in [0.15, 0.2) is 0 Å². The van der Waals surface area contributed by atoms with Gasteiger partial charge in [-0.25, -0.2) is 4.98 Å². The fourth-order valence-corrected chi connectivity index (χ4v) is 2.72. The topological polar surface area (TPSA) is 43.0 Å². The van der Waals surface area contributed by atoms with Crippen molar-refractivity contribution >= 4 is 0 Å². The number of aryl methyl sites for hydroxylation is 1. The molecule has 1 saturated carbocycles. The minimum atomic E-state index is 0.0584. The Morgan fingerprint density at radius 3 is 2.89 bits per heavy atom. The van der Waals surface area contributed by atoms with Crippen molar-refractivity contribution in [1.82, 2.24) is 14.9 Å². The monoisotopic (exact) mass is 245 g/mol. The molecule has 1 unspecified atom stereocenters. The van der Waals surface area contributed by atoms with E-state index in [0.717, 1.165) is 11.6 Å². The predicted molar refractivity (Wildman–Crippen MR) is 69.2 cm³/mol. The summed E-state index contributed by atoms with van der Waals surface area (Å²) >= 11 is 0. The van der Waals surface area contributed by atoms with Gasteiger partial charge in [0, 0.05) is 25.5 Å². The van der Waals surface area contributed by atoms with E-state index in [1.807, 2.05) is 31.6 Å². The van der Waals surface area contributed by atoms with Gasteiger partial charge in [-0.15, -0.1) is 0 Å². The summed E-state index contributed by atoms with van der Waals surface area (Å²) in [5, 5.41) is 3.68. The molecule has 3 rings (SSSR count). The van der Waals surface area contributed by atoms with E-state index in [-0.39, 0.29) is 6.04 Å². The maximum absolute atomic E-state index is 5.57. The molecule has 0 saturated heterocycles. The number of hydrogen-bond acceptors (Lipinski definition) is 3. The van der Waals surface area contributed by atoms with Gasteiger partial charge in [0.1, 0.15) is 17.6 Å². The molecule has 1 aliphatic carbocycles. The zero-order valence-electron chi connectivity index (χ0n) is 10.7. The molecule has 1 fully saturated rings. The van der Waals surface area contributed by atoms with Crippen LogP contribution in [0.5, 0.6) is 0 Å². The largest absolute Gasteiger partial charge is 0.467 e. The van der Waals surface area contributed by atoms with Crippen molar-refractivity contribution < 1.29 is 4.42 Å². The second-order valence-electron chi connectivity index (χ2n) is 4.99. The first-order valence-electron chi connectivity index (χ1n) is 6.61. The molecule has 0 aliphatic heterocycles. The summed E-state index contributed by atoms with van der Waals surface area (Å²) < 4.78 is 7.62. The van der Waals surface area contributed by atoms with Gasteiger partial charge in [-0.1, -0.05) is 12.8 Å². The van der Waals surface area contributed by atoms with Crippen LogP contribution >= 0.6 is 0 Å². The van der Waals surface area contributed by atoms with E-state index in [4.69, 9.17) is 4.42 Å². The van der Waals surface area contributed by atoms with Crippen LogP contribution in [0.1, 0.15) is 43.3 Å². The predicted octanol–water partition coefficient (Wildman–Crippen LogP) is 2.63. The third-order valence-corrected chi connectivity index (χ3v) is 3.70. The molecular formula is C14H19N3O. The maximum atomic E-state index is 5.57. The molecule has 0 bridgehead atoms. The molecule has 1 aliphatic rings. The van der Waals surface area contributed by atoms with Crippen LogP contribution in [-0.4, -0.2) is 15.6 Å². The molecule has 18 heavy (non-hydrogen) atoms. The highest BCUT2D eigenvalue weighted by Gasteiger charge is 2.25. The van der Waals surface area contributed by atoms with E-state index >= 15 is 0 Å². The molecule has 0 radical (unpaired) electrons. The number of rotatable bonds is 4. The summed E-state index contributed by atoms with van der Waals surface area (Å²) in [4.78, 5) is 4.45. The van der Waals surface area contributed by atoms with Crippen LogP contribution in [0, 0.1) is 0 Å². The first kappa shape index (κ1) is 11.5. The Bertz CT molecular complexity index is 483. The van der Waals surface area contributed by atoms with Crippen molar-refractivity contribution in [3.05, 3.63) is 42.4 Å². The Kier molecular flexibility index (Phi) is 3.19. The first-order chi connectivity index (χ1) is 8.84. The third kappa shape index (κ3) is 2.20. The number of nitrogens with zero attached hydrogens (tertiary/aromatic N) is 2. The second kappa shape index (κ2) is 4.98. The van der Waals surface area contributed by atoms with Gasteiger partial charge in [0.05, 0.1) is 6.26 Å². The lowest BCUT2D eigenvalue weighted by molar-refractivity contribution is 0.390. The average molecular weight is 245 g/mol. The molecule has 96 valence electrons. The van der Waals surface area contributed by atoms with Crippen LogP contribution in [0.4, 0.5) is 0 Å². The van der Waals surface area contributed by atoms with E-state index < -0.39 is 0 Å². The van der Waals surface area contributed by atoms with Crippen LogP contribution < -0.4 is 5.32 Å². The molecule has 2 heterocycles. The molecule has 2 aromatic heterocycles. The molecule has 0 spiro atoms. The van der Waals surface area contributed by atoms with Crippen molar-refractivity contribution in [2.45, 2.75) is 37.8 Å². The highest BCUT2D eigenvalue weighted by Crippen LogP contribution is 2.26. The van der Waals surface area contributed by atoms with Gasteiger partial charge >= 0.3 is 0 Å².